The first-order chi connectivity index (χ1) is 21.6. The molecular formula is C32H41FN6O6S. The van der Waals surface area contributed by atoms with Crippen molar-refractivity contribution in [1.29, 1.82) is 5.26 Å². The Morgan fingerprint density at radius 3 is 2.57 bits per heavy atom. The minimum Gasteiger partial charge on any atom is -0.453 e. The van der Waals surface area contributed by atoms with Crippen molar-refractivity contribution in [1.82, 2.24) is 18.8 Å². The Kier molecular flexibility index (Phi) is 10.6. The van der Waals surface area contributed by atoms with E-state index in [0.29, 0.717) is 37.0 Å². The van der Waals surface area contributed by atoms with Crippen LogP contribution in [0.4, 0.5) is 14.9 Å². The molecule has 1 fully saturated rings. The average Bonchev–Trinajstić information content (AvgIpc) is 3.01. The molecule has 0 aliphatic carbocycles. The smallest absolute Gasteiger partial charge is 0.410 e. The number of rotatable bonds is 10. The molecule has 12 nitrogen and oxygen atoms in total. The molecule has 0 spiro atoms. The van der Waals surface area contributed by atoms with Gasteiger partial charge in [-0.05, 0) is 82.2 Å². The third-order valence-corrected chi connectivity index (χ3v) is 9.71. The summed E-state index contributed by atoms with van der Waals surface area (Å²) in [6.45, 7) is 11.2. The van der Waals surface area contributed by atoms with E-state index in [1.54, 1.807) is 17.9 Å². The minimum atomic E-state index is -3.99. The molecular weight excluding hydrogens is 615 g/mol. The van der Waals surface area contributed by atoms with Gasteiger partial charge in [0.05, 0.1) is 22.9 Å². The second-order valence-electron chi connectivity index (χ2n) is 12.5. The number of nitriles is 1. The zero-order chi connectivity index (χ0) is 33.8. The fraction of sp³-hybridized carbons (Fsp3) is 0.500. The molecule has 2 heterocycles. The summed E-state index contributed by atoms with van der Waals surface area (Å²) in [6, 6.07) is 8.45. The van der Waals surface area contributed by atoms with E-state index >= 15 is 0 Å². The summed E-state index contributed by atoms with van der Waals surface area (Å²) in [6.07, 6.45) is 3.64. The molecule has 3 aromatic rings. The number of nitrogens with one attached hydrogen (secondary N) is 1. The summed E-state index contributed by atoms with van der Waals surface area (Å²) in [7, 11) is -2.62. The van der Waals surface area contributed by atoms with Gasteiger partial charge in [-0.15, -0.1) is 0 Å². The quantitative estimate of drug-likeness (QED) is 0.302. The number of carbonyl (C=O) groups is 1. The van der Waals surface area contributed by atoms with Crippen molar-refractivity contribution in [3.8, 4) is 17.6 Å². The Balaban J connectivity index is 1.47. The third-order valence-electron chi connectivity index (χ3n) is 8.15. The number of carbonyl (C=O) groups excluding carboxylic acids is 1. The van der Waals surface area contributed by atoms with Crippen molar-refractivity contribution in [2.45, 2.75) is 66.0 Å². The van der Waals surface area contributed by atoms with Crippen molar-refractivity contribution in [3.05, 3.63) is 58.4 Å². The second-order valence-corrected chi connectivity index (χ2v) is 14.3. The average molecular weight is 657 g/mol. The number of hydrogen-bond acceptors (Lipinski definition) is 8. The van der Waals surface area contributed by atoms with E-state index in [-0.39, 0.29) is 40.6 Å². The first-order valence-corrected chi connectivity index (χ1v) is 16.7. The number of aromatic nitrogens is 2. The van der Waals surface area contributed by atoms with E-state index in [0.717, 1.165) is 35.7 Å². The van der Waals surface area contributed by atoms with E-state index in [1.807, 2.05) is 26.8 Å². The Hall–Kier alpha value is -4.22. The lowest BCUT2D eigenvalue weighted by molar-refractivity contribution is 0.0160. The molecule has 1 aliphatic heterocycles. The van der Waals surface area contributed by atoms with Crippen LogP contribution in [0.25, 0.3) is 10.9 Å². The minimum absolute atomic E-state index is 0.0790. The summed E-state index contributed by atoms with van der Waals surface area (Å²) in [5.41, 5.74) is -0.908. The summed E-state index contributed by atoms with van der Waals surface area (Å²) in [5.74, 6) is -0.577. The first kappa shape index (κ1) is 34.6. The molecule has 248 valence electrons. The predicted octanol–water partition coefficient (Wildman–Crippen LogP) is 5.48. The van der Waals surface area contributed by atoms with Gasteiger partial charge in [0.25, 0.3) is 5.56 Å². The second kappa shape index (κ2) is 14.0. The topological polar surface area (TPSA) is 147 Å². The molecule has 2 aromatic carbocycles. The van der Waals surface area contributed by atoms with Gasteiger partial charge in [-0.2, -0.15) is 18.0 Å². The lowest BCUT2D eigenvalue weighted by Gasteiger charge is -2.35. The molecule has 1 saturated heterocycles. The van der Waals surface area contributed by atoms with Gasteiger partial charge >= 0.3 is 16.3 Å². The van der Waals surface area contributed by atoms with Crippen LogP contribution in [0.15, 0.2) is 41.5 Å². The maximum Gasteiger partial charge on any atom is 0.410 e. The van der Waals surface area contributed by atoms with Crippen LogP contribution in [0.2, 0.25) is 0 Å². The summed E-state index contributed by atoms with van der Waals surface area (Å²) >= 11 is 0. The van der Waals surface area contributed by atoms with Crippen molar-refractivity contribution in [2.24, 2.45) is 11.8 Å². The Morgan fingerprint density at radius 2 is 1.93 bits per heavy atom. The Morgan fingerprint density at radius 1 is 1.24 bits per heavy atom. The van der Waals surface area contributed by atoms with Crippen molar-refractivity contribution in [2.75, 3.05) is 31.4 Å². The van der Waals surface area contributed by atoms with Gasteiger partial charge in [-0.1, -0.05) is 13.8 Å². The van der Waals surface area contributed by atoms with Crippen LogP contribution in [-0.2, 0) is 21.5 Å². The molecule has 0 saturated carbocycles. The number of aryl methyl sites for hydroxylation is 1. The van der Waals surface area contributed by atoms with Crippen molar-refractivity contribution >= 4 is 32.9 Å². The van der Waals surface area contributed by atoms with Crippen LogP contribution in [0, 0.1) is 29.0 Å². The highest BCUT2D eigenvalue weighted by molar-refractivity contribution is 7.90. The zero-order valence-electron chi connectivity index (χ0n) is 27.0. The number of amides is 1. The number of hydrogen-bond donors (Lipinski definition) is 1. The highest BCUT2D eigenvalue weighted by atomic mass is 32.2. The maximum absolute atomic E-state index is 14.9. The molecule has 0 bridgehead atoms. The van der Waals surface area contributed by atoms with Gasteiger partial charge in [-0.25, -0.2) is 14.2 Å². The normalized spacial score (nSPS) is 15.1. The lowest BCUT2D eigenvalue weighted by Crippen LogP contribution is -2.42. The monoisotopic (exact) mass is 656 g/mol. The number of halogens is 1. The number of likely N-dealkylation sites (tertiary alicyclic amines) is 1. The van der Waals surface area contributed by atoms with Gasteiger partial charge in [0.1, 0.15) is 23.0 Å². The Bertz CT molecular complexity index is 1790. The van der Waals surface area contributed by atoms with Crippen molar-refractivity contribution < 1.29 is 27.1 Å². The molecule has 1 N–H and O–H groups in total. The standard InChI is InChI=1S/C32H41FN6O6S/c1-7-37(6)46(42,43)36-28-11-9-26(33)29(25(28)19-34)44-23-8-10-27-24(18-23)30(40)39(20-35-27)15-12-21(2)22-13-16-38(17-14-22)31(41)45-32(3,4)5/h8-11,18,20-22,36H,7,12-17H2,1-6H3. The number of piperidine rings is 1. The van der Waals surface area contributed by atoms with Crippen LogP contribution >= 0.6 is 0 Å². The molecule has 1 aliphatic rings. The molecule has 1 amide bonds. The SMILES string of the molecule is CCN(C)S(=O)(=O)Nc1ccc(F)c(Oc2ccc3ncn(CCC(C)C4CCN(C(=O)OC(C)(C)C)CC4)c(=O)c3c2)c1C#N. The highest BCUT2D eigenvalue weighted by Crippen LogP contribution is 2.34. The van der Waals surface area contributed by atoms with E-state index in [1.165, 1.54) is 30.1 Å². The Labute approximate surface area is 268 Å². The fourth-order valence-corrected chi connectivity index (χ4v) is 6.22. The number of nitrogens with zero attached hydrogens (tertiary/aromatic N) is 5. The number of fused-ring (bicyclic) bond motifs is 1. The van der Waals surface area contributed by atoms with Crippen LogP contribution in [0.5, 0.6) is 11.5 Å². The molecule has 14 heteroatoms. The third kappa shape index (κ3) is 8.13. The fourth-order valence-electron chi connectivity index (χ4n) is 5.27. The molecule has 46 heavy (non-hydrogen) atoms. The molecule has 1 aromatic heterocycles. The number of anilines is 1. The van der Waals surface area contributed by atoms with Crippen LogP contribution < -0.4 is 15.0 Å². The molecule has 1 unspecified atom stereocenters. The summed E-state index contributed by atoms with van der Waals surface area (Å²) in [4.78, 5) is 32.0. The van der Waals surface area contributed by atoms with Crippen molar-refractivity contribution in [3.63, 3.8) is 0 Å². The molecule has 1 atom stereocenters. The van der Waals surface area contributed by atoms with Gasteiger partial charge < -0.3 is 14.4 Å². The predicted molar refractivity (Wildman–Crippen MR) is 172 cm³/mol. The zero-order valence-corrected chi connectivity index (χ0v) is 27.9. The van der Waals surface area contributed by atoms with Gasteiger partial charge in [-0.3, -0.25) is 14.1 Å². The number of ether oxygens (including phenoxy) is 2. The van der Waals surface area contributed by atoms with Gasteiger partial charge in [0.15, 0.2) is 11.6 Å². The summed E-state index contributed by atoms with van der Waals surface area (Å²) in [5, 5.41) is 10.0. The molecule has 4 rings (SSSR count). The van der Waals surface area contributed by atoms with E-state index < -0.39 is 27.4 Å². The van der Waals surface area contributed by atoms with Crippen LogP contribution in [0.1, 0.15) is 59.4 Å². The first-order valence-electron chi connectivity index (χ1n) is 15.2. The summed E-state index contributed by atoms with van der Waals surface area (Å²) < 4.78 is 56.1. The van der Waals surface area contributed by atoms with E-state index in [9.17, 15) is 27.7 Å². The molecule has 0 radical (unpaired) electrons. The van der Waals surface area contributed by atoms with Crippen LogP contribution in [0.3, 0.4) is 0 Å². The maximum atomic E-state index is 14.9. The van der Waals surface area contributed by atoms with Gasteiger partial charge in [0.2, 0.25) is 0 Å². The largest absolute Gasteiger partial charge is 0.453 e. The van der Waals surface area contributed by atoms with E-state index in [4.69, 9.17) is 9.47 Å². The van der Waals surface area contributed by atoms with Crippen LogP contribution in [-0.4, -0.2) is 65.6 Å². The number of benzene rings is 2. The van der Waals surface area contributed by atoms with E-state index in [2.05, 4.69) is 16.6 Å². The highest BCUT2D eigenvalue weighted by Gasteiger charge is 2.29. The van der Waals surface area contributed by atoms with Gasteiger partial charge in [0, 0.05) is 33.2 Å². The lowest BCUT2D eigenvalue weighted by atomic mass is 9.83.